The molecule has 1 N–H and O–H groups in total. The Bertz CT molecular complexity index is 1630. The summed E-state index contributed by atoms with van der Waals surface area (Å²) in [5.74, 6) is 0.354. The monoisotopic (exact) mass is 534 g/mol. The number of benzene rings is 1. The number of hydrogen-bond acceptors (Lipinski definition) is 7. The summed E-state index contributed by atoms with van der Waals surface area (Å²) in [6.45, 7) is 3.23. The Hall–Kier alpha value is -2.90. The predicted octanol–water partition coefficient (Wildman–Crippen LogP) is 2.79. The van der Waals surface area contributed by atoms with Crippen molar-refractivity contribution in [2.45, 2.75) is 50.0 Å². The Morgan fingerprint density at radius 2 is 1.83 bits per heavy atom. The van der Waals surface area contributed by atoms with Gasteiger partial charge >= 0.3 is 0 Å². The van der Waals surface area contributed by atoms with E-state index in [1.54, 1.807) is 34.7 Å². The van der Waals surface area contributed by atoms with Crippen molar-refractivity contribution in [3.05, 3.63) is 54.1 Å². The van der Waals surface area contributed by atoms with Gasteiger partial charge in [0, 0.05) is 18.2 Å². The number of hydrogen-bond donors (Lipinski definition) is 1. The number of nitrogens with zero attached hydrogens (tertiary/aromatic N) is 5. The molecule has 1 fully saturated rings. The topological polar surface area (TPSA) is 128 Å². The van der Waals surface area contributed by atoms with Crippen molar-refractivity contribution in [3.63, 3.8) is 0 Å². The Morgan fingerprint density at radius 1 is 1.08 bits per heavy atom. The van der Waals surface area contributed by atoms with Crippen LogP contribution in [0.5, 0.6) is 0 Å². The zero-order valence-corrected chi connectivity index (χ0v) is 21.5. The van der Waals surface area contributed by atoms with Crippen LogP contribution in [0.1, 0.15) is 43.5 Å². The third kappa shape index (κ3) is 4.39. The number of halogens is 1. The van der Waals surface area contributed by atoms with Crippen LogP contribution in [-0.4, -0.2) is 58.9 Å². The fraction of sp³-hybridized carbons (Fsp3) is 0.435. The van der Waals surface area contributed by atoms with Gasteiger partial charge in [-0.2, -0.15) is 0 Å². The maximum Gasteiger partial charge on any atom is 0.269 e. The van der Waals surface area contributed by atoms with E-state index in [-0.39, 0.29) is 40.6 Å². The highest BCUT2D eigenvalue weighted by Crippen LogP contribution is 2.39. The summed E-state index contributed by atoms with van der Waals surface area (Å²) in [4.78, 5) is 4.52. The lowest BCUT2D eigenvalue weighted by Gasteiger charge is -2.14. The molecule has 10 nitrogen and oxygen atoms in total. The third-order valence-electron chi connectivity index (χ3n) is 6.75. The lowest BCUT2D eigenvalue weighted by Crippen LogP contribution is -2.35. The van der Waals surface area contributed by atoms with E-state index >= 15 is 0 Å². The molecule has 192 valence electrons. The minimum atomic E-state index is -3.87. The maximum absolute atomic E-state index is 13.3. The molecule has 4 aromatic rings. The van der Waals surface area contributed by atoms with Crippen molar-refractivity contribution in [2.24, 2.45) is 5.92 Å². The summed E-state index contributed by atoms with van der Waals surface area (Å²) >= 11 is 0. The van der Waals surface area contributed by atoms with Gasteiger partial charge in [-0.05, 0) is 50.3 Å². The van der Waals surface area contributed by atoms with Crippen LogP contribution < -0.4 is 4.72 Å². The van der Waals surface area contributed by atoms with E-state index in [4.69, 9.17) is 0 Å². The fourth-order valence-electron chi connectivity index (χ4n) is 4.97. The van der Waals surface area contributed by atoms with E-state index in [1.165, 1.54) is 12.4 Å². The van der Waals surface area contributed by atoms with E-state index in [9.17, 15) is 21.2 Å². The van der Waals surface area contributed by atoms with Crippen molar-refractivity contribution < 1.29 is 21.2 Å². The third-order valence-corrected chi connectivity index (χ3v) is 9.94. The Balaban J connectivity index is 1.51. The Kier molecular flexibility index (Phi) is 6.33. The average Bonchev–Trinajstić information content (AvgIpc) is 3.53. The molecule has 36 heavy (non-hydrogen) atoms. The molecule has 3 heterocycles. The van der Waals surface area contributed by atoms with Crippen molar-refractivity contribution >= 4 is 36.9 Å². The van der Waals surface area contributed by atoms with E-state index < -0.39 is 26.7 Å². The van der Waals surface area contributed by atoms with Gasteiger partial charge in [-0.1, -0.05) is 24.6 Å². The quantitative estimate of drug-likeness (QED) is 0.368. The maximum atomic E-state index is 13.3. The molecule has 3 atom stereocenters. The molecule has 0 radical (unpaired) electrons. The van der Waals surface area contributed by atoms with Crippen molar-refractivity contribution in [1.82, 2.24) is 28.3 Å². The molecule has 0 aliphatic heterocycles. The summed E-state index contributed by atoms with van der Waals surface area (Å²) in [7, 11) is -7.45. The molecule has 5 rings (SSSR count). The van der Waals surface area contributed by atoms with Crippen LogP contribution in [0.25, 0.3) is 16.8 Å². The SMILES string of the molecule is Cc1ccc(S(=O)(=O)n2ccc3c2ncc2nnc([C@H]4C[C@@H](NS(=O)(=O)CCCF)C[C@H]4C)n23)cc1. The van der Waals surface area contributed by atoms with Crippen LogP contribution in [0.2, 0.25) is 0 Å². The highest BCUT2D eigenvalue weighted by molar-refractivity contribution is 7.90. The van der Waals surface area contributed by atoms with Crippen LogP contribution >= 0.6 is 0 Å². The van der Waals surface area contributed by atoms with Gasteiger partial charge in [-0.15, -0.1) is 10.2 Å². The molecule has 1 saturated carbocycles. The largest absolute Gasteiger partial charge is 0.274 e. The molecule has 1 aliphatic carbocycles. The average molecular weight is 535 g/mol. The molecule has 0 unspecified atom stereocenters. The predicted molar refractivity (Wildman–Crippen MR) is 132 cm³/mol. The fourth-order valence-corrected chi connectivity index (χ4v) is 7.58. The van der Waals surface area contributed by atoms with E-state index in [0.29, 0.717) is 29.8 Å². The lowest BCUT2D eigenvalue weighted by molar-refractivity contribution is 0.480. The molecule has 0 bridgehead atoms. The molecule has 1 aromatic carbocycles. The van der Waals surface area contributed by atoms with Gasteiger partial charge in [0.1, 0.15) is 5.82 Å². The van der Waals surface area contributed by atoms with Crippen molar-refractivity contribution in [2.75, 3.05) is 12.4 Å². The van der Waals surface area contributed by atoms with E-state index in [2.05, 4.69) is 19.9 Å². The number of rotatable bonds is 8. The molecular formula is C23H27FN6O4S2. The standard InChI is InChI=1S/C23H27FN6O4S2/c1-15-4-6-18(7-5-15)36(33,34)29-10-8-20-23(29)25-14-21-26-27-22(30(20)21)19-13-17(12-16(19)2)28-35(31,32)11-3-9-24/h4-8,10,14,16-17,19,28H,3,9,11-13H2,1-2H3/t16-,17+,19+/m1/s1. The first-order valence-electron chi connectivity index (χ1n) is 11.7. The first-order chi connectivity index (χ1) is 17.1. The molecule has 0 saturated heterocycles. The van der Waals surface area contributed by atoms with E-state index in [0.717, 1.165) is 9.54 Å². The highest BCUT2D eigenvalue weighted by atomic mass is 32.2. The Morgan fingerprint density at radius 3 is 2.56 bits per heavy atom. The molecule has 0 amide bonds. The number of alkyl halides is 1. The summed E-state index contributed by atoms with van der Waals surface area (Å²) in [6.07, 6.45) is 4.02. The van der Waals surface area contributed by atoms with Gasteiger partial charge in [0.15, 0.2) is 11.3 Å². The zero-order valence-electron chi connectivity index (χ0n) is 19.9. The van der Waals surface area contributed by atoms with Crippen LogP contribution in [0.3, 0.4) is 0 Å². The number of aromatic nitrogens is 5. The minimum Gasteiger partial charge on any atom is -0.274 e. The molecule has 3 aromatic heterocycles. The van der Waals surface area contributed by atoms with Gasteiger partial charge in [0.05, 0.1) is 29.0 Å². The lowest BCUT2D eigenvalue weighted by atomic mass is 9.97. The van der Waals surface area contributed by atoms with Crippen molar-refractivity contribution in [3.8, 4) is 0 Å². The summed E-state index contributed by atoms with van der Waals surface area (Å²) < 4.78 is 69.3. The second-order valence-electron chi connectivity index (χ2n) is 9.38. The number of fused-ring (bicyclic) bond motifs is 3. The normalized spacial score (nSPS) is 21.0. The molecule has 0 spiro atoms. The van der Waals surface area contributed by atoms with Crippen LogP contribution in [0, 0.1) is 12.8 Å². The van der Waals surface area contributed by atoms with Gasteiger partial charge in [0.25, 0.3) is 10.0 Å². The van der Waals surface area contributed by atoms with Crippen molar-refractivity contribution in [1.29, 1.82) is 0 Å². The number of sulfonamides is 1. The smallest absolute Gasteiger partial charge is 0.269 e. The number of aryl methyl sites for hydroxylation is 1. The summed E-state index contributed by atoms with van der Waals surface area (Å²) in [6, 6.07) is 7.98. The van der Waals surface area contributed by atoms with Crippen LogP contribution in [0.4, 0.5) is 4.39 Å². The van der Waals surface area contributed by atoms with E-state index in [1.807, 2.05) is 13.8 Å². The highest BCUT2D eigenvalue weighted by Gasteiger charge is 2.37. The molecule has 13 heteroatoms. The van der Waals surface area contributed by atoms with Crippen LogP contribution in [0.15, 0.2) is 47.6 Å². The first-order valence-corrected chi connectivity index (χ1v) is 14.8. The van der Waals surface area contributed by atoms with Gasteiger partial charge in [0.2, 0.25) is 10.0 Å². The van der Waals surface area contributed by atoms with Crippen LogP contribution in [-0.2, 0) is 20.0 Å². The van der Waals surface area contributed by atoms with Gasteiger partial charge < -0.3 is 0 Å². The second-order valence-corrected chi connectivity index (χ2v) is 13.1. The van der Waals surface area contributed by atoms with Gasteiger partial charge in [-0.25, -0.2) is 30.5 Å². The number of nitrogens with one attached hydrogen (secondary N) is 1. The summed E-state index contributed by atoms with van der Waals surface area (Å²) in [5, 5.41) is 8.62. The molecular weight excluding hydrogens is 507 g/mol. The minimum absolute atomic E-state index is 0.0384. The Labute approximate surface area is 208 Å². The molecule has 1 aliphatic rings. The summed E-state index contributed by atoms with van der Waals surface area (Å²) in [5.41, 5.74) is 2.22. The first kappa shape index (κ1) is 24.8. The zero-order chi connectivity index (χ0) is 25.7. The van der Waals surface area contributed by atoms with Gasteiger partial charge in [-0.3, -0.25) is 8.79 Å². The second kappa shape index (κ2) is 9.20.